The molecular formula is C23H25F6NO3. The van der Waals surface area contributed by atoms with Crippen molar-refractivity contribution >= 4 is 5.97 Å². The number of benzene rings is 2. The van der Waals surface area contributed by atoms with Gasteiger partial charge >= 0.3 is 18.3 Å². The van der Waals surface area contributed by atoms with Gasteiger partial charge in [0.15, 0.2) is 0 Å². The van der Waals surface area contributed by atoms with Gasteiger partial charge in [0.05, 0.1) is 24.2 Å². The Labute approximate surface area is 187 Å². The van der Waals surface area contributed by atoms with E-state index in [0.717, 1.165) is 30.5 Å². The standard InChI is InChI=1S/C23H25F6NO3/c24-22(25,26)18-13-17(14-19(15-18)23(27,28)29)4-2-12-33-20-7-5-16(6-8-20)3-1-10-30-11-9-21(31)32/h5-8,13-15,30H,1-4,9-12H2,(H,31,32). The van der Waals surface area contributed by atoms with Crippen molar-refractivity contribution < 1.29 is 41.0 Å². The van der Waals surface area contributed by atoms with Gasteiger partial charge in [0.1, 0.15) is 5.75 Å². The van der Waals surface area contributed by atoms with Crippen LogP contribution < -0.4 is 10.1 Å². The zero-order chi connectivity index (χ0) is 24.5. The molecule has 0 bridgehead atoms. The molecule has 2 aromatic carbocycles. The average molecular weight is 477 g/mol. The third-order valence-corrected chi connectivity index (χ3v) is 4.78. The van der Waals surface area contributed by atoms with Crippen LogP contribution in [0.15, 0.2) is 42.5 Å². The molecule has 182 valence electrons. The topological polar surface area (TPSA) is 58.6 Å². The van der Waals surface area contributed by atoms with Crippen molar-refractivity contribution in [2.24, 2.45) is 0 Å². The van der Waals surface area contributed by atoms with Crippen LogP contribution in [0.4, 0.5) is 26.3 Å². The number of hydrogen-bond acceptors (Lipinski definition) is 3. The summed E-state index contributed by atoms with van der Waals surface area (Å²) in [5, 5.41) is 11.6. The predicted octanol–water partition coefficient (Wildman–Crippen LogP) is 5.73. The van der Waals surface area contributed by atoms with Gasteiger partial charge in [-0.25, -0.2) is 0 Å². The summed E-state index contributed by atoms with van der Waals surface area (Å²) < 4.78 is 83.1. The number of rotatable bonds is 12. The highest BCUT2D eigenvalue weighted by molar-refractivity contribution is 5.66. The lowest BCUT2D eigenvalue weighted by atomic mass is 10.0. The number of carboxylic acids is 1. The minimum absolute atomic E-state index is 0.0139. The van der Waals surface area contributed by atoms with Gasteiger partial charge in [-0.1, -0.05) is 12.1 Å². The first-order chi connectivity index (χ1) is 15.4. The lowest BCUT2D eigenvalue weighted by molar-refractivity contribution is -0.143. The van der Waals surface area contributed by atoms with Crippen molar-refractivity contribution in [1.29, 1.82) is 0 Å². The normalized spacial score (nSPS) is 12.1. The monoisotopic (exact) mass is 477 g/mol. The lowest BCUT2D eigenvalue weighted by Gasteiger charge is -2.14. The molecule has 0 saturated carbocycles. The quantitative estimate of drug-likeness (QED) is 0.303. The molecule has 0 atom stereocenters. The van der Waals surface area contributed by atoms with Crippen LogP contribution in [-0.4, -0.2) is 30.8 Å². The summed E-state index contributed by atoms with van der Waals surface area (Å²) in [6.07, 6.45) is -7.76. The fourth-order valence-corrected chi connectivity index (χ4v) is 3.12. The van der Waals surface area contributed by atoms with Gasteiger partial charge in [-0.15, -0.1) is 0 Å². The highest BCUT2D eigenvalue weighted by atomic mass is 19.4. The van der Waals surface area contributed by atoms with Crippen LogP contribution in [0.3, 0.4) is 0 Å². The van der Waals surface area contributed by atoms with E-state index in [9.17, 15) is 31.1 Å². The summed E-state index contributed by atoms with van der Waals surface area (Å²) in [6.45, 7) is 1.25. The summed E-state index contributed by atoms with van der Waals surface area (Å²) in [6, 6.07) is 8.83. The summed E-state index contributed by atoms with van der Waals surface area (Å²) in [5.41, 5.74) is -1.62. The maximum atomic E-state index is 12.9. The fraction of sp³-hybridized carbons (Fsp3) is 0.435. The number of hydrogen-bond donors (Lipinski definition) is 2. The Kier molecular flexibility index (Phi) is 9.57. The number of ether oxygens (including phenoxy) is 1. The van der Waals surface area contributed by atoms with E-state index in [1.807, 2.05) is 12.1 Å². The van der Waals surface area contributed by atoms with Gasteiger partial charge in [0.25, 0.3) is 0 Å². The molecule has 0 aliphatic rings. The van der Waals surface area contributed by atoms with E-state index >= 15 is 0 Å². The SMILES string of the molecule is O=C(O)CCNCCCc1ccc(OCCCc2cc(C(F)(F)F)cc(C(F)(F)F)c2)cc1. The first kappa shape index (κ1) is 26.5. The maximum absolute atomic E-state index is 12.9. The van der Waals surface area contributed by atoms with Gasteiger partial charge in [-0.05, 0) is 73.7 Å². The molecule has 0 amide bonds. The summed E-state index contributed by atoms with van der Waals surface area (Å²) in [4.78, 5) is 10.4. The minimum Gasteiger partial charge on any atom is -0.494 e. The largest absolute Gasteiger partial charge is 0.494 e. The first-order valence-electron chi connectivity index (χ1n) is 10.4. The molecule has 2 aromatic rings. The van der Waals surface area contributed by atoms with Gasteiger partial charge < -0.3 is 15.2 Å². The molecule has 0 heterocycles. The smallest absolute Gasteiger partial charge is 0.416 e. The molecular weight excluding hydrogens is 452 g/mol. The molecule has 0 aromatic heterocycles. The molecule has 0 aliphatic heterocycles. The van der Waals surface area contributed by atoms with Crippen LogP contribution in [0.2, 0.25) is 0 Å². The molecule has 2 N–H and O–H groups in total. The van der Waals surface area contributed by atoms with Gasteiger partial charge in [0.2, 0.25) is 0 Å². The molecule has 0 radical (unpaired) electrons. The second kappa shape index (κ2) is 11.9. The van der Waals surface area contributed by atoms with E-state index in [0.29, 0.717) is 18.8 Å². The molecule has 0 aliphatic carbocycles. The highest BCUT2D eigenvalue weighted by Crippen LogP contribution is 2.36. The van der Waals surface area contributed by atoms with E-state index in [1.54, 1.807) is 12.1 Å². The Balaban J connectivity index is 1.79. The van der Waals surface area contributed by atoms with E-state index < -0.39 is 29.4 Å². The van der Waals surface area contributed by atoms with E-state index in [4.69, 9.17) is 9.84 Å². The van der Waals surface area contributed by atoms with Crippen LogP contribution in [0.5, 0.6) is 5.75 Å². The average Bonchev–Trinajstić information content (AvgIpc) is 2.73. The summed E-state index contributed by atoms with van der Waals surface area (Å²) in [5.74, 6) is -0.294. The molecule has 0 spiro atoms. The molecule has 0 fully saturated rings. The second-order valence-electron chi connectivity index (χ2n) is 7.51. The maximum Gasteiger partial charge on any atom is 0.416 e. The second-order valence-corrected chi connectivity index (χ2v) is 7.51. The fourth-order valence-electron chi connectivity index (χ4n) is 3.12. The Bertz CT molecular complexity index is 862. The lowest BCUT2D eigenvalue weighted by Crippen LogP contribution is -2.19. The first-order valence-corrected chi connectivity index (χ1v) is 10.4. The Morgan fingerprint density at radius 3 is 1.94 bits per heavy atom. The van der Waals surface area contributed by atoms with Gasteiger partial charge in [-0.3, -0.25) is 4.79 Å². The van der Waals surface area contributed by atoms with Crippen molar-refractivity contribution in [3.8, 4) is 5.75 Å². The van der Waals surface area contributed by atoms with E-state index in [1.165, 1.54) is 0 Å². The van der Waals surface area contributed by atoms with Crippen molar-refractivity contribution in [3.05, 3.63) is 64.7 Å². The third kappa shape index (κ3) is 9.73. The molecule has 0 unspecified atom stereocenters. The molecule has 33 heavy (non-hydrogen) atoms. The Hall–Kier alpha value is -2.75. The Morgan fingerprint density at radius 2 is 1.39 bits per heavy atom. The van der Waals surface area contributed by atoms with Crippen LogP contribution in [0.1, 0.15) is 41.5 Å². The molecule has 2 rings (SSSR count). The van der Waals surface area contributed by atoms with Crippen LogP contribution in [-0.2, 0) is 30.0 Å². The summed E-state index contributed by atoms with van der Waals surface area (Å²) >= 11 is 0. The number of carbonyl (C=O) groups is 1. The van der Waals surface area contributed by atoms with Gasteiger partial charge in [-0.2, -0.15) is 26.3 Å². The number of halogens is 6. The van der Waals surface area contributed by atoms with E-state index in [-0.39, 0.29) is 37.5 Å². The van der Waals surface area contributed by atoms with Crippen molar-refractivity contribution in [1.82, 2.24) is 5.32 Å². The number of nitrogens with one attached hydrogen (secondary N) is 1. The van der Waals surface area contributed by atoms with Crippen molar-refractivity contribution in [2.45, 2.75) is 44.5 Å². The number of aryl methyl sites for hydroxylation is 2. The van der Waals surface area contributed by atoms with Crippen LogP contribution in [0.25, 0.3) is 0 Å². The molecule has 4 nitrogen and oxygen atoms in total. The number of aliphatic carboxylic acids is 1. The zero-order valence-electron chi connectivity index (χ0n) is 17.7. The van der Waals surface area contributed by atoms with Crippen molar-refractivity contribution in [3.63, 3.8) is 0 Å². The predicted molar refractivity (Wildman–Crippen MR) is 110 cm³/mol. The summed E-state index contributed by atoms with van der Waals surface area (Å²) in [7, 11) is 0. The molecule has 10 heteroatoms. The minimum atomic E-state index is -4.86. The Morgan fingerprint density at radius 1 is 0.818 bits per heavy atom. The van der Waals surface area contributed by atoms with Gasteiger partial charge in [0, 0.05) is 6.54 Å². The number of alkyl halides is 6. The number of carboxylic acid groups (broad SMARTS) is 1. The van der Waals surface area contributed by atoms with Crippen LogP contribution in [0, 0.1) is 0 Å². The van der Waals surface area contributed by atoms with Crippen LogP contribution >= 0.6 is 0 Å². The zero-order valence-corrected chi connectivity index (χ0v) is 17.7. The van der Waals surface area contributed by atoms with E-state index in [2.05, 4.69) is 5.32 Å². The molecule has 0 saturated heterocycles. The van der Waals surface area contributed by atoms with Crippen molar-refractivity contribution in [2.75, 3.05) is 19.7 Å². The third-order valence-electron chi connectivity index (χ3n) is 4.78. The highest BCUT2D eigenvalue weighted by Gasteiger charge is 2.36.